The number of hydrogen-bond donors (Lipinski definition) is 2. The monoisotopic (exact) mass is 159 g/mol. The molecule has 1 atom stereocenters. The first kappa shape index (κ1) is 7.10. The number of nitrogens with two attached hydrogens (primary N) is 1. The molecule has 6 heteroatoms. The lowest BCUT2D eigenvalue weighted by Gasteiger charge is -1.97. The molecule has 0 aliphatic heterocycles. The van der Waals surface area contributed by atoms with Gasteiger partial charge in [-0.15, -0.1) is 0 Å². The predicted molar refractivity (Wildman–Crippen MR) is 34.5 cm³/mol. The average molecular weight is 159 g/mol. The molecule has 0 aliphatic rings. The largest absolute Gasteiger partial charge is 0.480 e. The summed E-state index contributed by atoms with van der Waals surface area (Å²) in [6, 6.07) is -1.03. The van der Waals surface area contributed by atoms with E-state index in [1.54, 1.807) is 0 Å². The smallest absolute Gasteiger partial charge is 0.327 e. The Morgan fingerprint density at radius 1 is 1.90 bits per heavy atom. The number of rotatable bonds is 2. The van der Waals surface area contributed by atoms with Crippen LogP contribution in [0.3, 0.4) is 0 Å². The number of aliphatic carboxylic acids is 1. The maximum atomic E-state index is 10.2. The summed E-state index contributed by atoms with van der Waals surface area (Å²) in [5.74, 6) is -1.09. The Bertz CT molecular complexity index is 222. The Morgan fingerprint density at radius 2 is 2.60 bits per heavy atom. The fourth-order valence-electron chi connectivity index (χ4n) is 0.424. The SMILES string of the molecule is NC(C(=O)O)c1ncns1. The summed E-state index contributed by atoms with van der Waals surface area (Å²) in [5.41, 5.74) is 5.19. The van der Waals surface area contributed by atoms with Crippen molar-refractivity contribution in [1.29, 1.82) is 0 Å². The lowest BCUT2D eigenvalue weighted by atomic mass is 10.3. The van der Waals surface area contributed by atoms with Crippen molar-refractivity contribution < 1.29 is 9.90 Å². The molecular weight excluding hydrogens is 154 g/mol. The van der Waals surface area contributed by atoms with Crippen molar-refractivity contribution in [3.05, 3.63) is 11.3 Å². The molecular formula is C4H5N3O2S. The van der Waals surface area contributed by atoms with E-state index in [4.69, 9.17) is 10.8 Å². The summed E-state index contributed by atoms with van der Waals surface area (Å²) in [5, 5.41) is 8.69. The second-order valence-corrected chi connectivity index (χ2v) is 2.41. The van der Waals surface area contributed by atoms with Crippen molar-refractivity contribution in [2.75, 3.05) is 0 Å². The number of carboxylic acids is 1. The molecule has 0 fully saturated rings. The molecule has 0 saturated carbocycles. The van der Waals surface area contributed by atoms with Crippen molar-refractivity contribution in [3.8, 4) is 0 Å². The van der Waals surface area contributed by atoms with E-state index in [2.05, 4.69) is 9.36 Å². The normalized spacial score (nSPS) is 12.9. The van der Waals surface area contributed by atoms with Crippen molar-refractivity contribution in [2.24, 2.45) is 5.73 Å². The van der Waals surface area contributed by atoms with Gasteiger partial charge in [-0.1, -0.05) is 0 Å². The summed E-state index contributed by atoms with van der Waals surface area (Å²) in [6.45, 7) is 0. The second-order valence-electron chi connectivity index (χ2n) is 1.60. The lowest BCUT2D eigenvalue weighted by Crippen LogP contribution is -2.20. The molecule has 0 amide bonds. The van der Waals surface area contributed by atoms with E-state index in [9.17, 15) is 4.79 Å². The number of carbonyl (C=O) groups is 1. The molecule has 0 aliphatic carbocycles. The topological polar surface area (TPSA) is 89.1 Å². The first-order chi connectivity index (χ1) is 4.72. The van der Waals surface area contributed by atoms with Crippen LogP contribution in [0.25, 0.3) is 0 Å². The first-order valence-corrected chi connectivity index (χ1v) is 3.24. The van der Waals surface area contributed by atoms with Crippen LogP contribution in [-0.2, 0) is 4.79 Å². The number of carboxylic acid groups (broad SMARTS) is 1. The first-order valence-electron chi connectivity index (χ1n) is 2.47. The van der Waals surface area contributed by atoms with E-state index >= 15 is 0 Å². The van der Waals surface area contributed by atoms with Crippen molar-refractivity contribution >= 4 is 17.5 Å². The highest BCUT2D eigenvalue weighted by Crippen LogP contribution is 2.09. The fraction of sp³-hybridized carbons (Fsp3) is 0.250. The molecule has 0 bridgehead atoms. The third-order valence-electron chi connectivity index (χ3n) is 0.910. The van der Waals surface area contributed by atoms with Crippen molar-refractivity contribution in [3.63, 3.8) is 0 Å². The predicted octanol–water partition coefficient (Wildman–Crippen LogP) is -0.377. The van der Waals surface area contributed by atoms with Crippen molar-refractivity contribution in [1.82, 2.24) is 9.36 Å². The van der Waals surface area contributed by atoms with Crippen LogP contribution in [0, 0.1) is 0 Å². The van der Waals surface area contributed by atoms with Gasteiger partial charge in [-0.25, -0.2) is 4.98 Å². The van der Waals surface area contributed by atoms with Crippen LogP contribution < -0.4 is 5.73 Å². The van der Waals surface area contributed by atoms with Crippen LogP contribution in [-0.4, -0.2) is 20.4 Å². The van der Waals surface area contributed by atoms with Gasteiger partial charge < -0.3 is 10.8 Å². The van der Waals surface area contributed by atoms with E-state index in [1.807, 2.05) is 0 Å². The van der Waals surface area contributed by atoms with E-state index in [0.29, 0.717) is 5.01 Å². The van der Waals surface area contributed by atoms with Crippen LogP contribution in [0.5, 0.6) is 0 Å². The number of hydrogen-bond acceptors (Lipinski definition) is 5. The van der Waals surface area contributed by atoms with Gasteiger partial charge in [0.05, 0.1) is 0 Å². The maximum Gasteiger partial charge on any atom is 0.327 e. The molecule has 5 nitrogen and oxygen atoms in total. The lowest BCUT2D eigenvalue weighted by molar-refractivity contribution is -0.138. The van der Waals surface area contributed by atoms with Crippen LogP contribution in [0.1, 0.15) is 11.0 Å². The average Bonchev–Trinajstić information content (AvgIpc) is 2.36. The number of nitrogens with zero attached hydrogens (tertiary/aromatic N) is 2. The highest BCUT2D eigenvalue weighted by atomic mass is 32.1. The third kappa shape index (κ3) is 1.28. The highest BCUT2D eigenvalue weighted by Gasteiger charge is 2.16. The van der Waals surface area contributed by atoms with Gasteiger partial charge in [0.2, 0.25) is 0 Å². The Kier molecular flexibility index (Phi) is 1.93. The minimum Gasteiger partial charge on any atom is -0.480 e. The molecule has 0 spiro atoms. The minimum atomic E-state index is -1.09. The zero-order chi connectivity index (χ0) is 7.56. The van der Waals surface area contributed by atoms with Gasteiger partial charge in [0.15, 0.2) is 6.04 Å². The van der Waals surface area contributed by atoms with Gasteiger partial charge in [0.1, 0.15) is 11.3 Å². The maximum absolute atomic E-state index is 10.2. The zero-order valence-electron chi connectivity index (χ0n) is 4.89. The van der Waals surface area contributed by atoms with Gasteiger partial charge >= 0.3 is 5.97 Å². The molecule has 0 saturated heterocycles. The fourth-order valence-corrected chi connectivity index (χ4v) is 0.935. The summed E-state index contributed by atoms with van der Waals surface area (Å²) in [4.78, 5) is 13.9. The Balaban J connectivity index is 2.77. The zero-order valence-corrected chi connectivity index (χ0v) is 5.71. The van der Waals surface area contributed by atoms with Gasteiger partial charge in [0.25, 0.3) is 0 Å². The van der Waals surface area contributed by atoms with Gasteiger partial charge in [-0.05, 0) is 11.5 Å². The molecule has 1 heterocycles. The standard InChI is InChI=1S/C4H5N3O2S/c5-2(4(8)9)3-6-1-7-10-3/h1-2H,5H2,(H,8,9). The Hall–Kier alpha value is -1.01. The third-order valence-corrected chi connectivity index (χ3v) is 1.66. The van der Waals surface area contributed by atoms with Crippen molar-refractivity contribution in [2.45, 2.75) is 6.04 Å². The Labute approximate surface area is 60.7 Å². The summed E-state index contributed by atoms with van der Waals surface area (Å²) >= 11 is 0.992. The summed E-state index contributed by atoms with van der Waals surface area (Å²) in [7, 11) is 0. The summed E-state index contributed by atoms with van der Waals surface area (Å²) < 4.78 is 3.61. The van der Waals surface area contributed by atoms with E-state index < -0.39 is 12.0 Å². The molecule has 1 unspecified atom stereocenters. The van der Waals surface area contributed by atoms with Gasteiger partial charge in [0, 0.05) is 0 Å². The molecule has 1 rings (SSSR count). The van der Waals surface area contributed by atoms with Gasteiger partial charge in [-0.2, -0.15) is 4.37 Å². The van der Waals surface area contributed by atoms with Crippen LogP contribution in [0.2, 0.25) is 0 Å². The number of aromatic nitrogens is 2. The molecule has 3 N–H and O–H groups in total. The molecule has 54 valence electrons. The molecule has 1 aromatic rings. The second kappa shape index (κ2) is 2.72. The minimum absolute atomic E-state index is 0.326. The summed E-state index contributed by atoms with van der Waals surface area (Å²) in [6.07, 6.45) is 1.28. The molecule has 0 aromatic carbocycles. The van der Waals surface area contributed by atoms with Crippen LogP contribution in [0.4, 0.5) is 0 Å². The van der Waals surface area contributed by atoms with Crippen LogP contribution in [0.15, 0.2) is 6.33 Å². The quantitative estimate of drug-likeness (QED) is 0.614. The van der Waals surface area contributed by atoms with Gasteiger partial charge in [-0.3, -0.25) is 4.79 Å². The Morgan fingerprint density at radius 3 is 3.00 bits per heavy atom. The van der Waals surface area contributed by atoms with Crippen LogP contribution >= 0.6 is 11.5 Å². The highest BCUT2D eigenvalue weighted by molar-refractivity contribution is 7.05. The van der Waals surface area contributed by atoms with E-state index in [0.717, 1.165) is 11.5 Å². The van der Waals surface area contributed by atoms with E-state index in [1.165, 1.54) is 6.33 Å². The molecule has 0 radical (unpaired) electrons. The van der Waals surface area contributed by atoms with E-state index in [-0.39, 0.29) is 0 Å². The molecule has 10 heavy (non-hydrogen) atoms. The molecule has 1 aromatic heterocycles.